The van der Waals surface area contributed by atoms with E-state index in [1.54, 1.807) is 30.3 Å². The smallest absolute Gasteiger partial charge is 0.293 e. The van der Waals surface area contributed by atoms with Crippen LogP contribution in [0.3, 0.4) is 0 Å². The van der Waals surface area contributed by atoms with Gasteiger partial charge in [-0.1, -0.05) is 63.2 Å². The lowest BCUT2D eigenvalue weighted by atomic mass is 9.87. The highest BCUT2D eigenvalue weighted by Gasteiger charge is 2.35. The van der Waals surface area contributed by atoms with Crippen LogP contribution in [0.4, 0.5) is 9.18 Å². The zero-order chi connectivity index (χ0) is 25.7. The fraction of sp³-hybridized carbons (Fsp3) is 0.241. The SMILES string of the molecule is CC(C)(C)c1ccc(OCCOc2cccc(/C=C3\SC(=O)N(Cc4ccccc4F)C3=O)c2)cc1. The summed E-state index contributed by atoms with van der Waals surface area (Å²) in [6, 6.07) is 21.4. The first kappa shape index (κ1) is 25.5. The van der Waals surface area contributed by atoms with E-state index in [0.717, 1.165) is 28.0 Å². The van der Waals surface area contributed by atoms with Gasteiger partial charge in [-0.3, -0.25) is 14.5 Å². The number of hydrogen-bond donors (Lipinski definition) is 0. The van der Waals surface area contributed by atoms with Crippen molar-refractivity contribution in [2.75, 3.05) is 13.2 Å². The quantitative estimate of drug-likeness (QED) is 0.248. The van der Waals surface area contributed by atoms with Crippen molar-refractivity contribution in [3.05, 3.63) is 100 Å². The molecule has 7 heteroatoms. The van der Waals surface area contributed by atoms with Crippen molar-refractivity contribution in [2.24, 2.45) is 0 Å². The van der Waals surface area contributed by atoms with Crippen molar-refractivity contribution in [3.8, 4) is 11.5 Å². The summed E-state index contributed by atoms with van der Waals surface area (Å²) in [6.45, 7) is 7.14. The Bertz CT molecular complexity index is 1280. The van der Waals surface area contributed by atoms with Gasteiger partial charge < -0.3 is 9.47 Å². The summed E-state index contributed by atoms with van der Waals surface area (Å²) in [5.74, 6) is 0.522. The lowest BCUT2D eigenvalue weighted by molar-refractivity contribution is -0.123. The lowest BCUT2D eigenvalue weighted by Gasteiger charge is -2.19. The molecule has 3 aromatic rings. The molecule has 0 saturated carbocycles. The predicted octanol–water partition coefficient (Wildman–Crippen LogP) is 6.82. The summed E-state index contributed by atoms with van der Waals surface area (Å²) < 4.78 is 25.6. The number of rotatable bonds is 8. The van der Waals surface area contributed by atoms with Gasteiger partial charge in [-0.2, -0.15) is 0 Å². The molecule has 1 saturated heterocycles. The zero-order valence-electron chi connectivity index (χ0n) is 20.5. The molecule has 3 aromatic carbocycles. The molecule has 0 radical (unpaired) electrons. The van der Waals surface area contributed by atoms with Gasteiger partial charge in [0.2, 0.25) is 0 Å². The molecule has 5 nitrogen and oxygen atoms in total. The van der Waals surface area contributed by atoms with Crippen LogP contribution >= 0.6 is 11.8 Å². The second kappa shape index (κ2) is 11.0. The van der Waals surface area contributed by atoms with Crippen LogP contribution in [-0.4, -0.2) is 29.3 Å². The Morgan fingerprint density at radius 2 is 1.58 bits per heavy atom. The zero-order valence-corrected chi connectivity index (χ0v) is 21.3. The van der Waals surface area contributed by atoms with Gasteiger partial charge in [0.25, 0.3) is 11.1 Å². The molecule has 1 aliphatic rings. The van der Waals surface area contributed by atoms with Crippen LogP contribution in [0.1, 0.15) is 37.5 Å². The Balaban J connectivity index is 1.33. The number of benzene rings is 3. The van der Waals surface area contributed by atoms with Crippen LogP contribution in [0.2, 0.25) is 0 Å². The topological polar surface area (TPSA) is 55.8 Å². The van der Waals surface area contributed by atoms with Gasteiger partial charge in [-0.15, -0.1) is 0 Å². The Labute approximate surface area is 214 Å². The number of imide groups is 1. The van der Waals surface area contributed by atoms with Crippen LogP contribution in [0.25, 0.3) is 6.08 Å². The minimum atomic E-state index is -0.448. The predicted molar refractivity (Wildman–Crippen MR) is 140 cm³/mol. The van der Waals surface area contributed by atoms with Crippen LogP contribution in [-0.2, 0) is 16.8 Å². The fourth-order valence-corrected chi connectivity index (χ4v) is 4.49. The molecular weight excluding hydrogens is 477 g/mol. The standard InChI is InChI=1S/C29H28FNO4S/c1-29(2,3)22-11-13-23(14-12-22)34-15-16-35-24-9-6-7-20(17-24)18-26-27(32)31(28(33)36-26)19-21-8-4-5-10-25(21)30/h4-14,17-18H,15-16,19H2,1-3H3/b26-18-. The molecule has 0 aromatic heterocycles. The molecule has 186 valence electrons. The van der Waals surface area contributed by atoms with Crippen molar-refractivity contribution in [1.82, 2.24) is 4.90 Å². The first-order chi connectivity index (χ1) is 17.2. The van der Waals surface area contributed by atoms with Gasteiger partial charge in [-0.25, -0.2) is 4.39 Å². The minimum absolute atomic E-state index is 0.0922. The number of halogens is 1. The molecule has 0 N–H and O–H groups in total. The van der Waals surface area contributed by atoms with Crippen LogP contribution in [0.5, 0.6) is 11.5 Å². The molecular formula is C29H28FNO4S. The molecule has 1 fully saturated rings. The highest BCUT2D eigenvalue weighted by Crippen LogP contribution is 2.34. The Morgan fingerprint density at radius 1 is 0.889 bits per heavy atom. The van der Waals surface area contributed by atoms with Crippen LogP contribution in [0.15, 0.2) is 77.7 Å². The molecule has 0 aliphatic carbocycles. The number of carbonyl (C=O) groups excluding carboxylic acids is 2. The third-order valence-corrected chi connectivity index (χ3v) is 6.56. The van der Waals surface area contributed by atoms with Gasteiger partial charge in [0.05, 0.1) is 11.4 Å². The van der Waals surface area contributed by atoms with Crippen LogP contribution in [0, 0.1) is 5.82 Å². The molecule has 1 heterocycles. The fourth-order valence-electron chi connectivity index (χ4n) is 3.65. The molecule has 36 heavy (non-hydrogen) atoms. The maximum absolute atomic E-state index is 14.0. The molecule has 0 unspecified atom stereocenters. The maximum Gasteiger partial charge on any atom is 0.293 e. The van der Waals surface area contributed by atoms with E-state index in [2.05, 4.69) is 32.9 Å². The van der Waals surface area contributed by atoms with Crippen molar-refractivity contribution in [2.45, 2.75) is 32.7 Å². The normalized spacial score (nSPS) is 15.0. The number of ether oxygens (including phenoxy) is 2. The molecule has 1 aliphatic heterocycles. The molecule has 0 bridgehead atoms. The monoisotopic (exact) mass is 505 g/mol. The van der Waals surface area contributed by atoms with Gasteiger partial charge in [0.1, 0.15) is 30.5 Å². The first-order valence-electron chi connectivity index (χ1n) is 11.7. The van der Waals surface area contributed by atoms with Gasteiger partial charge in [0.15, 0.2) is 0 Å². The van der Waals surface area contributed by atoms with E-state index < -0.39 is 17.0 Å². The van der Waals surface area contributed by atoms with Gasteiger partial charge >= 0.3 is 0 Å². The summed E-state index contributed by atoms with van der Waals surface area (Å²) >= 11 is 0.844. The number of amides is 2. The Hall–Kier alpha value is -3.58. The summed E-state index contributed by atoms with van der Waals surface area (Å²) in [7, 11) is 0. The lowest BCUT2D eigenvalue weighted by Crippen LogP contribution is -2.27. The second-order valence-corrected chi connectivity index (χ2v) is 10.4. The molecule has 2 amide bonds. The maximum atomic E-state index is 14.0. The van der Waals surface area contributed by atoms with Crippen LogP contribution < -0.4 is 9.47 Å². The van der Waals surface area contributed by atoms with Crippen molar-refractivity contribution in [1.29, 1.82) is 0 Å². The first-order valence-corrected chi connectivity index (χ1v) is 12.5. The summed E-state index contributed by atoms with van der Waals surface area (Å²) in [5, 5.41) is -0.422. The van der Waals surface area contributed by atoms with E-state index >= 15 is 0 Å². The largest absolute Gasteiger partial charge is 0.490 e. The van der Waals surface area contributed by atoms with Crippen molar-refractivity contribution in [3.63, 3.8) is 0 Å². The Kier molecular flexibility index (Phi) is 7.79. The second-order valence-electron chi connectivity index (χ2n) is 9.40. The summed E-state index contributed by atoms with van der Waals surface area (Å²) in [4.78, 5) is 26.5. The van der Waals surface area contributed by atoms with Gasteiger partial charge in [-0.05, 0) is 64.7 Å². The van der Waals surface area contributed by atoms with E-state index in [4.69, 9.17) is 9.47 Å². The number of carbonyl (C=O) groups is 2. The average Bonchev–Trinajstić information content (AvgIpc) is 3.10. The third-order valence-electron chi connectivity index (χ3n) is 5.66. The summed E-state index contributed by atoms with van der Waals surface area (Å²) in [5.41, 5.74) is 2.36. The van der Waals surface area contributed by atoms with Crippen molar-refractivity contribution >= 4 is 29.0 Å². The van der Waals surface area contributed by atoms with E-state index in [9.17, 15) is 14.0 Å². The average molecular weight is 506 g/mol. The van der Waals surface area contributed by atoms with E-state index in [1.807, 2.05) is 30.3 Å². The molecule has 4 rings (SSSR count). The Morgan fingerprint density at radius 3 is 2.28 bits per heavy atom. The van der Waals surface area contributed by atoms with E-state index in [1.165, 1.54) is 11.6 Å². The highest BCUT2D eigenvalue weighted by molar-refractivity contribution is 8.18. The number of hydrogen-bond acceptors (Lipinski definition) is 5. The van der Waals surface area contributed by atoms with Crippen molar-refractivity contribution < 1.29 is 23.5 Å². The third kappa shape index (κ3) is 6.34. The van der Waals surface area contributed by atoms with E-state index in [0.29, 0.717) is 24.5 Å². The molecule has 0 spiro atoms. The van der Waals surface area contributed by atoms with E-state index in [-0.39, 0.29) is 16.9 Å². The highest BCUT2D eigenvalue weighted by atomic mass is 32.2. The number of nitrogens with zero attached hydrogens (tertiary/aromatic N) is 1. The molecule has 0 atom stereocenters. The minimum Gasteiger partial charge on any atom is -0.490 e. The number of thioether (sulfide) groups is 1. The summed E-state index contributed by atoms with van der Waals surface area (Å²) in [6.07, 6.45) is 1.65. The van der Waals surface area contributed by atoms with Gasteiger partial charge in [0, 0.05) is 5.56 Å².